The molecule has 0 saturated heterocycles. The molecule has 0 fully saturated rings. The van der Waals surface area contributed by atoms with E-state index in [4.69, 9.17) is 4.42 Å². The number of Topliss-reactive ketones (excluding diaryl/α,β-unsaturated/α-hetero) is 1. The Kier molecular flexibility index (Phi) is 4.80. The van der Waals surface area contributed by atoms with Crippen LogP contribution >= 0.6 is 11.8 Å². The second-order valence-corrected chi connectivity index (χ2v) is 4.29. The van der Waals surface area contributed by atoms with Crippen LogP contribution < -0.4 is 0 Å². The van der Waals surface area contributed by atoms with Crippen molar-refractivity contribution in [2.45, 2.75) is 32.4 Å². The third-order valence-electron chi connectivity index (χ3n) is 1.99. The molecule has 14 heavy (non-hydrogen) atoms. The number of hydrogen-bond acceptors (Lipinski definition) is 3. The molecule has 0 N–H and O–H groups in total. The fourth-order valence-electron chi connectivity index (χ4n) is 1.16. The lowest BCUT2D eigenvalue weighted by molar-refractivity contribution is -0.116. The molecule has 1 aromatic rings. The van der Waals surface area contributed by atoms with E-state index in [0.29, 0.717) is 18.0 Å². The Morgan fingerprint density at radius 1 is 1.57 bits per heavy atom. The third kappa shape index (κ3) is 3.58. The molecule has 0 saturated carbocycles. The fraction of sp³-hybridized carbons (Fsp3) is 0.545. The lowest BCUT2D eigenvalue weighted by atomic mass is 10.3. The SMILES string of the molecule is CCCC(=O)CSCc1occc1C. The number of carbonyl (C=O) groups is 1. The van der Waals surface area contributed by atoms with E-state index in [1.165, 1.54) is 5.56 Å². The van der Waals surface area contributed by atoms with Gasteiger partial charge in [0.25, 0.3) is 0 Å². The van der Waals surface area contributed by atoms with Gasteiger partial charge < -0.3 is 4.42 Å². The van der Waals surface area contributed by atoms with Crippen molar-refractivity contribution >= 4 is 17.5 Å². The normalized spacial score (nSPS) is 10.4. The summed E-state index contributed by atoms with van der Waals surface area (Å²) >= 11 is 1.63. The number of rotatable bonds is 6. The molecule has 3 heteroatoms. The Balaban J connectivity index is 2.22. The zero-order valence-electron chi connectivity index (χ0n) is 8.71. The van der Waals surface area contributed by atoms with Gasteiger partial charge in [0, 0.05) is 6.42 Å². The highest BCUT2D eigenvalue weighted by Gasteiger charge is 2.04. The zero-order chi connectivity index (χ0) is 10.4. The molecule has 0 atom stereocenters. The summed E-state index contributed by atoms with van der Waals surface area (Å²) in [5.74, 6) is 2.73. The van der Waals surface area contributed by atoms with Gasteiger partial charge in [0.05, 0.1) is 17.8 Å². The smallest absolute Gasteiger partial charge is 0.142 e. The molecule has 1 aromatic heterocycles. The molecule has 0 spiro atoms. The Bertz CT molecular complexity index is 291. The fourth-order valence-corrected chi connectivity index (χ4v) is 2.12. The van der Waals surface area contributed by atoms with Crippen LogP contribution in [0.15, 0.2) is 16.7 Å². The van der Waals surface area contributed by atoms with E-state index in [1.54, 1.807) is 18.0 Å². The van der Waals surface area contributed by atoms with E-state index >= 15 is 0 Å². The molecule has 0 aliphatic heterocycles. The number of aryl methyl sites for hydroxylation is 1. The molecule has 0 unspecified atom stereocenters. The van der Waals surface area contributed by atoms with Gasteiger partial charge in [-0.1, -0.05) is 6.92 Å². The Labute approximate surface area is 89.1 Å². The quantitative estimate of drug-likeness (QED) is 0.725. The summed E-state index contributed by atoms with van der Waals surface area (Å²) in [7, 11) is 0. The summed E-state index contributed by atoms with van der Waals surface area (Å²) in [5.41, 5.74) is 1.17. The molecule has 78 valence electrons. The highest BCUT2D eigenvalue weighted by atomic mass is 32.2. The maximum atomic E-state index is 11.2. The van der Waals surface area contributed by atoms with Gasteiger partial charge in [0.2, 0.25) is 0 Å². The van der Waals surface area contributed by atoms with Gasteiger partial charge in [-0.3, -0.25) is 4.79 Å². The van der Waals surface area contributed by atoms with E-state index < -0.39 is 0 Å². The first-order valence-corrected chi connectivity index (χ1v) is 6.02. The van der Waals surface area contributed by atoms with Crippen molar-refractivity contribution < 1.29 is 9.21 Å². The van der Waals surface area contributed by atoms with Crippen LogP contribution in [-0.2, 0) is 10.5 Å². The number of furan rings is 1. The largest absolute Gasteiger partial charge is 0.468 e. The van der Waals surface area contributed by atoms with Crippen LogP contribution in [0.4, 0.5) is 0 Å². The Morgan fingerprint density at radius 2 is 2.36 bits per heavy atom. The molecular formula is C11H16O2S. The average molecular weight is 212 g/mol. The van der Waals surface area contributed by atoms with Crippen LogP contribution in [0.25, 0.3) is 0 Å². The summed E-state index contributed by atoms with van der Waals surface area (Å²) < 4.78 is 5.27. The molecule has 0 bridgehead atoms. The van der Waals surface area contributed by atoms with Crippen molar-refractivity contribution in [1.82, 2.24) is 0 Å². The molecular weight excluding hydrogens is 196 g/mol. The molecule has 0 aliphatic carbocycles. The summed E-state index contributed by atoms with van der Waals surface area (Å²) in [6.07, 6.45) is 3.34. The van der Waals surface area contributed by atoms with Gasteiger partial charge in [0.1, 0.15) is 11.5 Å². The average Bonchev–Trinajstić information content (AvgIpc) is 2.52. The summed E-state index contributed by atoms with van der Waals surface area (Å²) in [6.45, 7) is 4.05. The molecule has 1 heterocycles. The molecule has 2 nitrogen and oxygen atoms in total. The predicted octanol–water partition coefficient (Wildman–Crippen LogP) is 3.19. The van der Waals surface area contributed by atoms with Crippen molar-refractivity contribution in [3.8, 4) is 0 Å². The molecule has 0 aromatic carbocycles. The first kappa shape index (κ1) is 11.4. The lowest BCUT2D eigenvalue weighted by Gasteiger charge is -1.99. The molecule has 1 rings (SSSR count). The second-order valence-electron chi connectivity index (χ2n) is 3.31. The van der Waals surface area contributed by atoms with Gasteiger partial charge in [-0.15, -0.1) is 11.8 Å². The van der Waals surface area contributed by atoms with Crippen molar-refractivity contribution in [2.24, 2.45) is 0 Å². The van der Waals surface area contributed by atoms with Gasteiger partial charge in [-0.25, -0.2) is 0 Å². The van der Waals surface area contributed by atoms with E-state index in [9.17, 15) is 4.79 Å². The van der Waals surface area contributed by atoms with Crippen LogP contribution in [0.1, 0.15) is 31.1 Å². The van der Waals surface area contributed by atoms with Gasteiger partial charge in [0.15, 0.2) is 0 Å². The molecule has 0 radical (unpaired) electrons. The van der Waals surface area contributed by atoms with Crippen LogP contribution in [0.2, 0.25) is 0 Å². The minimum absolute atomic E-state index is 0.335. The van der Waals surface area contributed by atoms with Crippen LogP contribution in [0.3, 0.4) is 0 Å². The number of ketones is 1. The number of carbonyl (C=O) groups excluding carboxylic acids is 1. The standard InChI is InChI=1S/C11H16O2S/c1-3-4-10(12)7-14-8-11-9(2)5-6-13-11/h5-6H,3-4,7-8H2,1-2H3. The summed E-state index contributed by atoms with van der Waals surface area (Å²) in [6, 6.07) is 1.95. The van der Waals surface area contributed by atoms with Crippen molar-refractivity contribution in [3.63, 3.8) is 0 Å². The van der Waals surface area contributed by atoms with Gasteiger partial charge in [-0.2, -0.15) is 0 Å². The maximum Gasteiger partial charge on any atom is 0.142 e. The van der Waals surface area contributed by atoms with E-state index in [1.807, 2.05) is 19.9 Å². The van der Waals surface area contributed by atoms with Gasteiger partial charge in [-0.05, 0) is 25.0 Å². The maximum absolute atomic E-state index is 11.2. The lowest BCUT2D eigenvalue weighted by Crippen LogP contribution is -2.00. The zero-order valence-corrected chi connectivity index (χ0v) is 9.52. The van der Waals surface area contributed by atoms with Crippen molar-refractivity contribution in [1.29, 1.82) is 0 Å². The van der Waals surface area contributed by atoms with E-state index in [2.05, 4.69) is 0 Å². The summed E-state index contributed by atoms with van der Waals surface area (Å²) in [4.78, 5) is 11.2. The number of thioether (sulfide) groups is 1. The minimum Gasteiger partial charge on any atom is -0.468 e. The van der Waals surface area contributed by atoms with Crippen molar-refractivity contribution in [3.05, 3.63) is 23.7 Å². The van der Waals surface area contributed by atoms with Crippen LogP contribution in [0.5, 0.6) is 0 Å². The molecule has 0 aliphatic rings. The molecule has 0 amide bonds. The minimum atomic E-state index is 0.335. The first-order chi connectivity index (χ1) is 6.74. The van der Waals surface area contributed by atoms with E-state index in [0.717, 1.165) is 17.9 Å². The van der Waals surface area contributed by atoms with Gasteiger partial charge >= 0.3 is 0 Å². The summed E-state index contributed by atoms with van der Waals surface area (Å²) in [5, 5.41) is 0. The topological polar surface area (TPSA) is 30.2 Å². The first-order valence-electron chi connectivity index (χ1n) is 4.86. The Hall–Kier alpha value is -0.700. The number of hydrogen-bond donors (Lipinski definition) is 0. The third-order valence-corrected chi connectivity index (χ3v) is 2.99. The Morgan fingerprint density at radius 3 is 2.93 bits per heavy atom. The van der Waals surface area contributed by atoms with Crippen molar-refractivity contribution in [2.75, 3.05) is 5.75 Å². The van der Waals surface area contributed by atoms with Crippen LogP contribution in [-0.4, -0.2) is 11.5 Å². The monoisotopic (exact) mass is 212 g/mol. The predicted molar refractivity (Wildman–Crippen MR) is 59.5 cm³/mol. The highest BCUT2D eigenvalue weighted by molar-refractivity contribution is 7.99. The highest BCUT2D eigenvalue weighted by Crippen LogP contribution is 2.17. The van der Waals surface area contributed by atoms with Crippen LogP contribution in [0, 0.1) is 6.92 Å². The second kappa shape index (κ2) is 5.91. The van der Waals surface area contributed by atoms with E-state index in [-0.39, 0.29) is 0 Å².